The molecule has 1 aliphatic heterocycles. The molecule has 1 fully saturated rings. The van der Waals surface area contributed by atoms with Crippen LogP contribution >= 0.6 is 0 Å². The van der Waals surface area contributed by atoms with E-state index >= 15 is 0 Å². The molecule has 166 valence electrons. The number of hydrogen-bond acceptors (Lipinski definition) is 4. The summed E-state index contributed by atoms with van der Waals surface area (Å²) in [5.41, 5.74) is 2.08. The average molecular weight is 443 g/mol. The fourth-order valence-electron chi connectivity index (χ4n) is 3.51. The van der Waals surface area contributed by atoms with Crippen molar-refractivity contribution in [1.82, 2.24) is 9.80 Å². The molecule has 0 bridgehead atoms. The predicted octanol–water partition coefficient (Wildman–Crippen LogP) is 3.59. The lowest BCUT2D eigenvalue weighted by Crippen LogP contribution is -2.22. The van der Waals surface area contributed by atoms with Crippen LogP contribution in [0.4, 0.5) is 5.69 Å². The van der Waals surface area contributed by atoms with Gasteiger partial charge in [-0.15, -0.1) is 4.40 Å². The third-order valence-electron chi connectivity index (χ3n) is 5.47. The molecule has 0 saturated carbocycles. The number of amides is 1. The van der Waals surface area contributed by atoms with Gasteiger partial charge >= 0.3 is 0 Å². The summed E-state index contributed by atoms with van der Waals surface area (Å²) < 4.78 is 29.4. The number of anilines is 1. The first-order valence-corrected chi connectivity index (χ1v) is 12.0. The topological polar surface area (TPSA) is 82.1 Å². The fourth-order valence-corrected chi connectivity index (χ4v) is 4.65. The Morgan fingerprint density at radius 3 is 2.45 bits per heavy atom. The summed E-state index contributed by atoms with van der Waals surface area (Å²) in [5.74, 6) is 0.282. The highest BCUT2D eigenvalue weighted by Gasteiger charge is 2.20. The number of nitrogens with one attached hydrogen (secondary N) is 1. The van der Waals surface area contributed by atoms with Crippen molar-refractivity contribution in [3.05, 3.63) is 59.7 Å². The molecular formula is C23H30N4O3S. The minimum atomic E-state index is -3.83. The first-order valence-electron chi connectivity index (χ1n) is 10.6. The Kier molecular flexibility index (Phi) is 7.46. The van der Waals surface area contributed by atoms with Gasteiger partial charge in [-0.25, -0.2) is 0 Å². The molecule has 1 heterocycles. The van der Waals surface area contributed by atoms with Gasteiger partial charge in [0.1, 0.15) is 5.84 Å². The molecule has 2 aromatic carbocycles. The summed E-state index contributed by atoms with van der Waals surface area (Å²) in [6, 6.07) is 13.7. The number of hydrogen-bond donors (Lipinski definition) is 1. The maximum atomic E-state index is 12.7. The number of nitrogens with zero attached hydrogens (tertiary/aromatic N) is 3. The van der Waals surface area contributed by atoms with Gasteiger partial charge in [0.2, 0.25) is 0 Å². The van der Waals surface area contributed by atoms with Gasteiger partial charge < -0.3 is 10.2 Å². The zero-order valence-electron chi connectivity index (χ0n) is 18.3. The SMILES string of the molecule is CCN(CC)Cc1ccc(C(=O)Nc2cccc(S(=O)(=O)/N=C3/CCCN3C)c2)cc1. The summed E-state index contributed by atoms with van der Waals surface area (Å²) in [6.07, 6.45) is 1.55. The van der Waals surface area contributed by atoms with E-state index in [1.54, 1.807) is 24.3 Å². The maximum absolute atomic E-state index is 12.7. The van der Waals surface area contributed by atoms with Gasteiger partial charge in [0, 0.05) is 37.8 Å². The molecule has 1 saturated heterocycles. The van der Waals surface area contributed by atoms with E-state index in [-0.39, 0.29) is 10.8 Å². The molecule has 0 aromatic heterocycles. The van der Waals surface area contributed by atoms with Gasteiger partial charge in [0.05, 0.1) is 4.90 Å². The largest absolute Gasteiger partial charge is 0.362 e. The molecule has 0 unspecified atom stereocenters. The summed E-state index contributed by atoms with van der Waals surface area (Å²) in [4.78, 5) is 16.9. The molecular weight excluding hydrogens is 412 g/mol. The monoisotopic (exact) mass is 442 g/mol. The number of rotatable bonds is 8. The van der Waals surface area contributed by atoms with E-state index in [1.807, 2.05) is 24.1 Å². The number of likely N-dealkylation sites (tertiary alicyclic amines) is 1. The van der Waals surface area contributed by atoms with Crippen molar-refractivity contribution in [3.8, 4) is 0 Å². The molecule has 7 nitrogen and oxygen atoms in total. The lowest BCUT2D eigenvalue weighted by molar-refractivity contribution is 0.102. The van der Waals surface area contributed by atoms with E-state index in [2.05, 4.69) is 28.5 Å². The number of amidine groups is 1. The van der Waals surface area contributed by atoms with Crippen molar-refractivity contribution in [2.45, 2.75) is 38.1 Å². The van der Waals surface area contributed by atoms with E-state index in [1.165, 1.54) is 12.1 Å². The van der Waals surface area contributed by atoms with Gasteiger partial charge in [-0.1, -0.05) is 32.0 Å². The highest BCUT2D eigenvalue weighted by Crippen LogP contribution is 2.21. The quantitative estimate of drug-likeness (QED) is 0.676. The Morgan fingerprint density at radius 2 is 1.84 bits per heavy atom. The molecule has 3 rings (SSSR count). The molecule has 1 aliphatic rings. The number of carbonyl (C=O) groups excluding carboxylic acids is 1. The van der Waals surface area contributed by atoms with Crippen LogP contribution in [0.1, 0.15) is 42.6 Å². The van der Waals surface area contributed by atoms with Gasteiger partial charge in [-0.05, 0) is 55.4 Å². The second-order valence-electron chi connectivity index (χ2n) is 7.65. The van der Waals surface area contributed by atoms with Crippen LogP contribution in [0.5, 0.6) is 0 Å². The molecule has 0 radical (unpaired) electrons. The van der Waals surface area contributed by atoms with Crippen LogP contribution in [0.3, 0.4) is 0 Å². The van der Waals surface area contributed by atoms with E-state index in [9.17, 15) is 13.2 Å². The zero-order chi connectivity index (χ0) is 22.4. The summed E-state index contributed by atoms with van der Waals surface area (Å²) >= 11 is 0. The van der Waals surface area contributed by atoms with E-state index in [0.29, 0.717) is 23.5 Å². The molecule has 31 heavy (non-hydrogen) atoms. The maximum Gasteiger partial charge on any atom is 0.284 e. The minimum Gasteiger partial charge on any atom is -0.362 e. The Hall–Kier alpha value is -2.71. The number of benzene rings is 2. The Morgan fingerprint density at radius 1 is 1.13 bits per heavy atom. The standard InChI is InChI=1S/C23H30N4O3S/c1-4-27(5-2)17-18-11-13-19(14-12-18)23(28)24-20-8-6-9-21(16-20)31(29,30)25-22-10-7-15-26(22)3/h6,8-9,11-14,16H,4-5,7,10,15,17H2,1-3H3,(H,24,28)/b25-22-. The van der Waals surface area contributed by atoms with Crippen molar-refractivity contribution < 1.29 is 13.2 Å². The highest BCUT2D eigenvalue weighted by molar-refractivity contribution is 7.90. The minimum absolute atomic E-state index is 0.0627. The molecule has 2 aromatic rings. The van der Waals surface area contributed by atoms with Crippen LogP contribution in [0, 0.1) is 0 Å². The fraction of sp³-hybridized carbons (Fsp3) is 0.391. The predicted molar refractivity (Wildman–Crippen MR) is 124 cm³/mol. The first-order chi connectivity index (χ1) is 14.8. The van der Waals surface area contributed by atoms with Crippen molar-refractivity contribution in [2.24, 2.45) is 4.40 Å². The van der Waals surface area contributed by atoms with Crippen molar-refractivity contribution in [2.75, 3.05) is 32.0 Å². The lowest BCUT2D eigenvalue weighted by Gasteiger charge is -2.18. The Balaban J connectivity index is 1.71. The van der Waals surface area contributed by atoms with Crippen molar-refractivity contribution >= 4 is 27.5 Å². The van der Waals surface area contributed by atoms with E-state index in [0.717, 1.165) is 38.2 Å². The molecule has 0 aliphatic carbocycles. The van der Waals surface area contributed by atoms with Crippen LogP contribution in [0.15, 0.2) is 57.8 Å². The zero-order valence-corrected chi connectivity index (χ0v) is 19.2. The normalized spacial score (nSPS) is 15.6. The van der Waals surface area contributed by atoms with Gasteiger partial charge in [-0.2, -0.15) is 8.42 Å². The summed E-state index contributed by atoms with van der Waals surface area (Å²) in [6.45, 7) is 7.83. The van der Waals surface area contributed by atoms with Gasteiger partial charge in [0.25, 0.3) is 15.9 Å². The van der Waals surface area contributed by atoms with E-state index < -0.39 is 10.0 Å². The van der Waals surface area contributed by atoms with Gasteiger partial charge in [-0.3, -0.25) is 9.69 Å². The third-order valence-corrected chi connectivity index (χ3v) is 6.77. The smallest absolute Gasteiger partial charge is 0.284 e. The van der Waals surface area contributed by atoms with Crippen molar-refractivity contribution in [1.29, 1.82) is 0 Å². The highest BCUT2D eigenvalue weighted by atomic mass is 32.2. The number of carbonyl (C=O) groups is 1. The molecule has 0 spiro atoms. The first kappa shape index (κ1) is 23.0. The average Bonchev–Trinajstić information content (AvgIpc) is 3.16. The van der Waals surface area contributed by atoms with Crippen LogP contribution < -0.4 is 5.32 Å². The van der Waals surface area contributed by atoms with E-state index in [4.69, 9.17) is 0 Å². The van der Waals surface area contributed by atoms with Crippen LogP contribution in [-0.4, -0.2) is 56.6 Å². The molecule has 1 N–H and O–H groups in total. The Bertz CT molecular complexity index is 1040. The third kappa shape index (κ3) is 5.92. The number of sulfonamides is 1. The Labute approximate surface area is 184 Å². The van der Waals surface area contributed by atoms with Crippen LogP contribution in [0.25, 0.3) is 0 Å². The van der Waals surface area contributed by atoms with Crippen LogP contribution in [0.2, 0.25) is 0 Å². The summed E-state index contributed by atoms with van der Waals surface area (Å²) in [7, 11) is -1.99. The molecule has 0 atom stereocenters. The molecule has 1 amide bonds. The lowest BCUT2D eigenvalue weighted by atomic mass is 10.1. The van der Waals surface area contributed by atoms with Crippen molar-refractivity contribution in [3.63, 3.8) is 0 Å². The second-order valence-corrected chi connectivity index (χ2v) is 9.25. The molecule has 8 heteroatoms. The van der Waals surface area contributed by atoms with Gasteiger partial charge in [0.15, 0.2) is 0 Å². The summed E-state index contributed by atoms with van der Waals surface area (Å²) in [5, 5.41) is 2.78. The van der Waals surface area contributed by atoms with Crippen LogP contribution in [-0.2, 0) is 16.6 Å². The second kappa shape index (κ2) is 10.1.